The molecule has 1 aromatic rings. The molecule has 140 valence electrons. The van der Waals surface area contributed by atoms with Crippen molar-refractivity contribution in [3.8, 4) is 0 Å². The number of carbonyl (C=O) groups is 3. The summed E-state index contributed by atoms with van der Waals surface area (Å²) in [6, 6.07) is 3.57. The number of halogens is 3. The highest BCUT2D eigenvalue weighted by atomic mass is 35.5. The summed E-state index contributed by atoms with van der Waals surface area (Å²) in [5.74, 6) is 0. The zero-order valence-electron chi connectivity index (χ0n) is 14.7. The van der Waals surface area contributed by atoms with E-state index in [4.69, 9.17) is 34.8 Å². The highest BCUT2D eigenvalue weighted by molar-refractivity contribution is 6.70. The van der Waals surface area contributed by atoms with Crippen LogP contribution in [0.5, 0.6) is 0 Å². The number of hydrogen-bond acceptors (Lipinski definition) is 3. The highest BCUT2D eigenvalue weighted by Crippen LogP contribution is 2.16. The summed E-state index contributed by atoms with van der Waals surface area (Å²) in [5.41, 5.74) is -0.0218. The molecule has 0 saturated heterocycles. The molecule has 0 aliphatic carbocycles. The molecular formula is C19H25Cl3O3. The third-order valence-electron chi connectivity index (χ3n) is 3.57. The molecule has 6 heteroatoms. The first-order valence-electron chi connectivity index (χ1n) is 8.58. The van der Waals surface area contributed by atoms with E-state index in [9.17, 15) is 14.4 Å². The second-order valence-electron chi connectivity index (χ2n) is 5.74. The van der Waals surface area contributed by atoms with Crippen LogP contribution in [0.2, 0.25) is 0 Å². The molecule has 0 saturated carbocycles. The molecule has 0 amide bonds. The Morgan fingerprint density at radius 1 is 0.600 bits per heavy atom. The maximum absolute atomic E-state index is 10.9. The van der Waals surface area contributed by atoms with Gasteiger partial charge in [-0.15, -0.1) is 0 Å². The van der Waals surface area contributed by atoms with E-state index in [1.807, 2.05) is 0 Å². The van der Waals surface area contributed by atoms with E-state index >= 15 is 0 Å². The van der Waals surface area contributed by atoms with Crippen LogP contribution in [0.25, 0.3) is 0 Å². The molecule has 0 radical (unpaired) electrons. The Kier molecular flexibility index (Phi) is 13.8. The van der Waals surface area contributed by atoms with E-state index in [1.165, 1.54) is 69.6 Å². The van der Waals surface area contributed by atoms with Gasteiger partial charge in [0.25, 0.3) is 15.7 Å². The van der Waals surface area contributed by atoms with Crippen molar-refractivity contribution in [1.29, 1.82) is 0 Å². The molecule has 0 unspecified atom stereocenters. The van der Waals surface area contributed by atoms with Gasteiger partial charge in [-0.05, 0) is 53.0 Å². The predicted molar refractivity (Wildman–Crippen MR) is 105 cm³/mol. The molecule has 0 fully saturated rings. The van der Waals surface area contributed by atoms with Crippen molar-refractivity contribution in [2.75, 3.05) is 0 Å². The molecule has 0 bridgehead atoms. The fourth-order valence-corrected chi connectivity index (χ4v) is 2.50. The van der Waals surface area contributed by atoms with Gasteiger partial charge in [0.15, 0.2) is 0 Å². The summed E-state index contributed by atoms with van der Waals surface area (Å²) in [4.78, 5) is 32.6. The van der Waals surface area contributed by atoms with E-state index in [1.54, 1.807) is 0 Å². The zero-order chi connectivity index (χ0) is 19.2. The topological polar surface area (TPSA) is 51.2 Å². The fourth-order valence-electron chi connectivity index (χ4n) is 2.18. The van der Waals surface area contributed by atoms with Gasteiger partial charge in [0.05, 0.1) is 0 Å². The number of carbonyl (C=O) groups excluding carboxylic acids is 3. The summed E-state index contributed by atoms with van der Waals surface area (Å²) in [7, 11) is 0. The minimum atomic E-state index is -0.797. The van der Waals surface area contributed by atoms with Crippen LogP contribution in [-0.2, 0) is 0 Å². The molecule has 1 aromatic carbocycles. The summed E-state index contributed by atoms with van der Waals surface area (Å²) < 4.78 is 0. The Labute approximate surface area is 165 Å². The molecule has 0 atom stereocenters. The first-order chi connectivity index (χ1) is 11.8. The lowest BCUT2D eigenvalue weighted by molar-refractivity contribution is 0.108. The van der Waals surface area contributed by atoms with Gasteiger partial charge in [-0.1, -0.05) is 65.2 Å². The van der Waals surface area contributed by atoms with Crippen LogP contribution < -0.4 is 0 Å². The van der Waals surface area contributed by atoms with Gasteiger partial charge in [0.2, 0.25) is 0 Å². The maximum Gasteiger partial charge on any atom is 0.252 e. The molecule has 0 aliphatic rings. The molecule has 0 heterocycles. The molecule has 0 aromatic heterocycles. The third kappa shape index (κ3) is 11.4. The molecule has 0 N–H and O–H groups in total. The number of hydrogen-bond donors (Lipinski definition) is 0. The Balaban J connectivity index is 0.000000504. The summed E-state index contributed by atoms with van der Waals surface area (Å²) in [6.07, 6.45) is 11.5. The van der Waals surface area contributed by atoms with Crippen LogP contribution in [0.15, 0.2) is 18.2 Å². The summed E-state index contributed by atoms with van der Waals surface area (Å²) in [5, 5.41) is -2.39. The Morgan fingerprint density at radius 2 is 0.840 bits per heavy atom. The van der Waals surface area contributed by atoms with E-state index in [0.717, 1.165) is 0 Å². The van der Waals surface area contributed by atoms with Crippen molar-refractivity contribution in [2.24, 2.45) is 0 Å². The van der Waals surface area contributed by atoms with Crippen LogP contribution in [0.1, 0.15) is 96.3 Å². The number of rotatable bonds is 10. The van der Waals surface area contributed by atoms with Gasteiger partial charge < -0.3 is 0 Å². The highest BCUT2D eigenvalue weighted by Gasteiger charge is 2.12. The first kappa shape index (κ1) is 24.1. The smallest absolute Gasteiger partial charge is 0.252 e. The van der Waals surface area contributed by atoms with Gasteiger partial charge >= 0.3 is 0 Å². The van der Waals surface area contributed by atoms with E-state index in [2.05, 4.69) is 13.8 Å². The average molecular weight is 408 g/mol. The van der Waals surface area contributed by atoms with Crippen molar-refractivity contribution in [3.63, 3.8) is 0 Å². The largest absolute Gasteiger partial charge is 0.276 e. The second-order valence-corrected chi connectivity index (χ2v) is 6.77. The third-order valence-corrected chi connectivity index (χ3v) is 4.23. The van der Waals surface area contributed by atoms with Crippen LogP contribution in [0.3, 0.4) is 0 Å². The van der Waals surface area contributed by atoms with Crippen LogP contribution in [0.4, 0.5) is 0 Å². The molecule has 3 nitrogen and oxygen atoms in total. The molecule has 1 rings (SSSR count). The Morgan fingerprint density at radius 3 is 1.04 bits per heavy atom. The zero-order valence-corrected chi connectivity index (χ0v) is 17.0. The monoisotopic (exact) mass is 406 g/mol. The van der Waals surface area contributed by atoms with Crippen molar-refractivity contribution in [1.82, 2.24) is 0 Å². The molecule has 0 spiro atoms. The van der Waals surface area contributed by atoms with Crippen molar-refractivity contribution in [2.45, 2.75) is 65.2 Å². The second kappa shape index (κ2) is 14.3. The number of unbranched alkanes of at least 4 members (excludes halogenated alkanes) is 7. The fraction of sp³-hybridized carbons (Fsp3) is 0.526. The van der Waals surface area contributed by atoms with E-state index in [0.29, 0.717) is 0 Å². The minimum absolute atomic E-state index is 0.00725. The standard InChI is InChI=1S/C10H22.C9H3Cl3O3/c1-3-5-7-9-10-8-6-4-2;10-7(13)4-1-5(8(11)14)3-6(2-4)9(12)15/h3-10H2,1-2H3;1-3H. The van der Waals surface area contributed by atoms with Crippen molar-refractivity contribution < 1.29 is 14.4 Å². The lowest BCUT2D eigenvalue weighted by atomic mass is 10.1. The average Bonchev–Trinajstić information content (AvgIpc) is 2.58. The van der Waals surface area contributed by atoms with Gasteiger partial charge in [0.1, 0.15) is 0 Å². The molecule has 0 aliphatic heterocycles. The quantitative estimate of drug-likeness (QED) is 0.311. The SMILES string of the molecule is CCCCCCCCCC.O=C(Cl)c1cc(C(=O)Cl)cc(C(=O)Cl)c1. The maximum atomic E-state index is 10.9. The van der Waals surface area contributed by atoms with Gasteiger partial charge in [-0.2, -0.15) is 0 Å². The van der Waals surface area contributed by atoms with Crippen molar-refractivity contribution in [3.05, 3.63) is 34.9 Å². The van der Waals surface area contributed by atoms with Gasteiger partial charge in [-0.3, -0.25) is 14.4 Å². The Bertz CT molecular complexity index is 484. The minimum Gasteiger partial charge on any atom is -0.276 e. The van der Waals surface area contributed by atoms with Crippen molar-refractivity contribution >= 4 is 50.5 Å². The van der Waals surface area contributed by atoms with E-state index in [-0.39, 0.29) is 16.7 Å². The van der Waals surface area contributed by atoms with Gasteiger partial charge in [-0.25, -0.2) is 0 Å². The van der Waals surface area contributed by atoms with E-state index < -0.39 is 15.7 Å². The predicted octanol–water partition coefficient (Wildman–Crippen LogP) is 6.97. The normalized spacial score (nSPS) is 9.96. The molecular weight excluding hydrogens is 383 g/mol. The Hall–Kier alpha value is -0.900. The van der Waals surface area contributed by atoms with Crippen LogP contribution >= 0.6 is 34.8 Å². The van der Waals surface area contributed by atoms with Gasteiger partial charge in [0, 0.05) is 16.7 Å². The first-order valence-corrected chi connectivity index (χ1v) is 9.71. The summed E-state index contributed by atoms with van der Waals surface area (Å²) in [6.45, 7) is 4.54. The van der Waals surface area contributed by atoms with Crippen LogP contribution in [-0.4, -0.2) is 15.7 Å². The molecule has 25 heavy (non-hydrogen) atoms. The van der Waals surface area contributed by atoms with Crippen LogP contribution in [0, 0.1) is 0 Å². The number of benzene rings is 1. The lowest BCUT2D eigenvalue weighted by Gasteiger charge is -2.00. The summed E-state index contributed by atoms with van der Waals surface area (Å²) >= 11 is 15.6. The lowest BCUT2D eigenvalue weighted by Crippen LogP contribution is -2.00.